The zero-order chi connectivity index (χ0) is 42.1. The van der Waals surface area contributed by atoms with E-state index >= 15 is 0 Å². The van der Waals surface area contributed by atoms with E-state index in [1.807, 2.05) is 6.07 Å². The topological polar surface area (TPSA) is 187 Å². The van der Waals surface area contributed by atoms with Gasteiger partial charge in [-0.2, -0.15) is 4.90 Å². The van der Waals surface area contributed by atoms with Crippen molar-refractivity contribution in [1.82, 2.24) is 20.0 Å². The van der Waals surface area contributed by atoms with Gasteiger partial charge in [0.1, 0.15) is 30.9 Å². The number of ether oxygens (including phenoxy) is 5. The molecule has 310 valence electrons. The molecule has 4 heterocycles. The van der Waals surface area contributed by atoms with Crippen molar-refractivity contribution in [3.63, 3.8) is 0 Å². The van der Waals surface area contributed by atoms with E-state index in [4.69, 9.17) is 23.7 Å². The van der Waals surface area contributed by atoms with Gasteiger partial charge in [0.25, 0.3) is 17.7 Å². The molecule has 6 rings (SSSR count). The number of hydrogen-bond donors (Lipinski definition) is 1. The third-order valence-corrected chi connectivity index (χ3v) is 9.83. The first kappa shape index (κ1) is 42.7. The molecule has 0 saturated carbocycles. The van der Waals surface area contributed by atoms with Crippen LogP contribution in [0.2, 0.25) is 0 Å². The van der Waals surface area contributed by atoms with Crippen LogP contribution < -0.4 is 5.32 Å². The van der Waals surface area contributed by atoms with Crippen LogP contribution in [-0.2, 0) is 56.0 Å². The fourth-order valence-electron chi connectivity index (χ4n) is 7.05. The summed E-state index contributed by atoms with van der Waals surface area (Å²) in [5, 5.41) is 2.31. The highest BCUT2D eigenvalue weighted by Crippen LogP contribution is 2.32. The summed E-state index contributed by atoms with van der Waals surface area (Å²) >= 11 is 0. The third kappa shape index (κ3) is 10.4. The molecule has 4 aliphatic rings. The SMILES string of the molecule is CC(C)(C)OC(=O)N1C(=O)CCC(N2Cc3c(C#CCOCCOCCOCCOCC#Cc4cccc5c4CN(C4CCC(=O)NC4=O)C5=O)cccc3C2=O)C1=O. The summed E-state index contributed by atoms with van der Waals surface area (Å²) in [6, 6.07) is 8.78. The van der Waals surface area contributed by atoms with E-state index in [2.05, 4.69) is 29.0 Å². The number of nitrogens with one attached hydrogen (secondary N) is 1. The normalized spacial score (nSPS) is 18.9. The average molecular weight is 811 g/mol. The van der Waals surface area contributed by atoms with Gasteiger partial charge in [-0.05, 0) is 69.0 Å². The van der Waals surface area contributed by atoms with Crippen LogP contribution in [0, 0.1) is 23.7 Å². The van der Waals surface area contributed by atoms with Gasteiger partial charge < -0.3 is 33.5 Å². The molecule has 0 aromatic heterocycles. The second kappa shape index (κ2) is 19.2. The number of rotatable bonds is 13. The Bertz CT molecular complexity index is 2140. The lowest BCUT2D eigenvalue weighted by atomic mass is 10.0. The van der Waals surface area contributed by atoms with Crippen LogP contribution in [0.5, 0.6) is 0 Å². The Morgan fingerprint density at radius 1 is 0.695 bits per heavy atom. The Morgan fingerprint density at radius 2 is 1.19 bits per heavy atom. The molecule has 2 unspecified atom stereocenters. The predicted molar refractivity (Wildman–Crippen MR) is 207 cm³/mol. The smallest absolute Gasteiger partial charge is 0.424 e. The summed E-state index contributed by atoms with van der Waals surface area (Å²) in [7, 11) is 0. The summed E-state index contributed by atoms with van der Waals surface area (Å²) in [5.74, 6) is 9.18. The minimum absolute atomic E-state index is 0.0778. The summed E-state index contributed by atoms with van der Waals surface area (Å²) in [4.78, 5) is 92.1. The average Bonchev–Trinajstić information content (AvgIpc) is 3.70. The molecule has 16 heteroatoms. The van der Waals surface area contributed by atoms with Crippen LogP contribution in [0.15, 0.2) is 36.4 Å². The number of fused-ring (bicyclic) bond motifs is 2. The summed E-state index contributed by atoms with van der Waals surface area (Å²) < 4.78 is 27.5. The van der Waals surface area contributed by atoms with Gasteiger partial charge >= 0.3 is 6.09 Å². The van der Waals surface area contributed by atoms with Gasteiger partial charge in [0.2, 0.25) is 17.7 Å². The van der Waals surface area contributed by atoms with Crippen molar-refractivity contribution in [2.75, 3.05) is 52.9 Å². The quantitative estimate of drug-likeness (QED) is 0.177. The Hall–Kier alpha value is -5.91. The molecule has 16 nitrogen and oxygen atoms in total. The molecule has 2 saturated heterocycles. The van der Waals surface area contributed by atoms with Gasteiger partial charge in [0.05, 0.1) is 39.6 Å². The van der Waals surface area contributed by atoms with E-state index in [9.17, 15) is 33.6 Å². The monoisotopic (exact) mass is 810 g/mol. The zero-order valence-corrected chi connectivity index (χ0v) is 33.3. The van der Waals surface area contributed by atoms with Gasteiger partial charge in [0.15, 0.2) is 0 Å². The van der Waals surface area contributed by atoms with Crippen LogP contribution >= 0.6 is 0 Å². The highest BCUT2D eigenvalue weighted by atomic mass is 16.6. The van der Waals surface area contributed by atoms with Gasteiger partial charge in [0, 0.05) is 48.2 Å². The van der Waals surface area contributed by atoms with Crippen molar-refractivity contribution in [3.05, 3.63) is 69.8 Å². The number of imide groups is 4. The molecule has 2 aromatic rings. The lowest BCUT2D eigenvalue weighted by Crippen LogP contribution is -2.57. The number of likely N-dealkylation sites (tertiary alicyclic amines) is 1. The second-order valence-corrected chi connectivity index (χ2v) is 15.0. The third-order valence-electron chi connectivity index (χ3n) is 9.83. The first-order valence-corrected chi connectivity index (χ1v) is 19.4. The first-order valence-electron chi connectivity index (χ1n) is 19.4. The molecule has 1 N–H and O–H groups in total. The van der Waals surface area contributed by atoms with Crippen LogP contribution in [0.3, 0.4) is 0 Å². The molecule has 59 heavy (non-hydrogen) atoms. The summed E-state index contributed by atoms with van der Waals surface area (Å²) in [6.07, 6.45) is -0.534. The van der Waals surface area contributed by atoms with Gasteiger partial charge in [-0.3, -0.25) is 34.1 Å². The Balaban J connectivity index is 0.837. The van der Waals surface area contributed by atoms with E-state index in [-0.39, 0.29) is 63.3 Å². The van der Waals surface area contributed by atoms with E-state index in [1.54, 1.807) is 51.1 Å². The molecule has 0 spiro atoms. The molecule has 2 atom stereocenters. The van der Waals surface area contributed by atoms with Crippen LogP contribution in [-0.4, -0.2) is 127 Å². The fourth-order valence-corrected chi connectivity index (χ4v) is 7.05. The van der Waals surface area contributed by atoms with Gasteiger partial charge in [-0.15, -0.1) is 0 Å². The first-order chi connectivity index (χ1) is 28.3. The van der Waals surface area contributed by atoms with Crippen molar-refractivity contribution in [2.45, 2.75) is 77.2 Å². The molecule has 4 aliphatic heterocycles. The summed E-state index contributed by atoms with van der Waals surface area (Å²) in [6.45, 7) is 7.59. The number of carbonyl (C=O) groups is 7. The van der Waals surface area contributed by atoms with Crippen molar-refractivity contribution < 1.29 is 57.2 Å². The number of benzene rings is 2. The van der Waals surface area contributed by atoms with E-state index in [0.717, 1.165) is 5.56 Å². The molecule has 2 fully saturated rings. The molecule has 0 bridgehead atoms. The number of piperidine rings is 2. The van der Waals surface area contributed by atoms with Crippen LogP contribution in [0.4, 0.5) is 4.79 Å². The highest BCUT2D eigenvalue weighted by Gasteiger charge is 2.46. The molecular formula is C43H46N4O12. The van der Waals surface area contributed by atoms with Crippen LogP contribution in [0.1, 0.15) is 89.4 Å². The van der Waals surface area contributed by atoms with E-state index < -0.39 is 41.5 Å². The standard InChI is InChI=1S/C43H46N4O12/c1-43(2,3)59-42(54)47-37(49)17-15-35(41(47)53)46-27-33-29(9-5-13-31(33)40(46)52)11-7-19-56-21-23-58-25-24-57-22-20-55-18-6-10-28-8-4-12-30-32(28)26-45(39(30)51)34-14-16-36(48)44-38(34)50/h4-5,8-9,12-13,34-35H,14-27H2,1-3H3,(H,44,48,50). The molecular weight excluding hydrogens is 764 g/mol. The second-order valence-electron chi connectivity index (χ2n) is 15.0. The highest BCUT2D eigenvalue weighted by molar-refractivity contribution is 6.13. The number of carbonyl (C=O) groups excluding carboxylic acids is 7. The van der Waals surface area contributed by atoms with Crippen molar-refractivity contribution in [2.24, 2.45) is 0 Å². The number of nitrogens with zero attached hydrogens (tertiary/aromatic N) is 3. The van der Waals surface area contributed by atoms with Crippen molar-refractivity contribution in [3.8, 4) is 23.7 Å². The van der Waals surface area contributed by atoms with Crippen LogP contribution in [0.25, 0.3) is 0 Å². The molecule has 0 radical (unpaired) electrons. The van der Waals surface area contributed by atoms with Crippen molar-refractivity contribution in [1.29, 1.82) is 0 Å². The van der Waals surface area contributed by atoms with E-state index in [1.165, 1.54) is 9.80 Å². The van der Waals surface area contributed by atoms with E-state index in [0.29, 0.717) is 78.8 Å². The van der Waals surface area contributed by atoms with Gasteiger partial charge in [-0.1, -0.05) is 35.8 Å². The zero-order valence-electron chi connectivity index (χ0n) is 33.3. The predicted octanol–water partition coefficient (Wildman–Crippen LogP) is 2.33. The van der Waals surface area contributed by atoms with Crippen molar-refractivity contribution >= 4 is 41.5 Å². The molecule has 7 amide bonds. The lowest BCUT2D eigenvalue weighted by molar-refractivity contribution is -0.150. The minimum Gasteiger partial charge on any atom is -0.443 e. The largest absolute Gasteiger partial charge is 0.443 e. The molecule has 0 aliphatic carbocycles. The maximum atomic E-state index is 13.4. The Kier molecular flexibility index (Phi) is 13.9. The minimum atomic E-state index is -1.05. The Labute approximate surface area is 341 Å². The lowest BCUT2D eigenvalue weighted by Gasteiger charge is -2.35. The summed E-state index contributed by atoms with van der Waals surface area (Å²) in [5.41, 5.74) is 2.74. The Morgan fingerprint density at radius 3 is 1.69 bits per heavy atom. The fraction of sp³-hybridized carbons (Fsp3) is 0.465. The maximum absolute atomic E-state index is 13.4. The number of hydrogen-bond acceptors (Lipinski definition) is 12. The van der Waals surface area contributed by atoms with Gasteiger partial charge in [-0.25, -0.2) is 4.79 Å². The molecule has 2 aromatic carbocycles. The number of amides is 7. The maximum Gasteiger partial charge on any atom is 0.424 e.